The van der Waals surface area contributed by atoms with Gasteiger partial charge in [0.2, 0.25) is 0 Å². The first-order valence-electron chi connectivity index (χ1n) is 6.95. The van der Waals surface area contributed by atoms with Crippen molar-refractivity contribution in [3.05, 3.63) is 70.3 Å². The lowest BCUT2D eigenvalue weighted by atomic mass is 10.1. The van der Waals surface area contributed by atoms with Crippen LogP contribution in [0.25, 0.3) is 11.3 Å². The summed E-state index contributed by atoms with van der Waals surface area (Å²) in [5, 5.41) is 3.78. The number of aryl methyl sites for hydroxylation is 1. The summed E-state index contributed by atoms with van der Waals surface area (Å²) in [6.45, 7) is 2.32. The Morgan fingerprint density at radius 3 is 2.64 bits per heavy atom. The van der Waals surface area contributed by atoms with E-state index in [1.54, 1.807) is 6.20 Å². The van der Waals surface area contributed by atoms with Crippen LogP contribution in [0.2, 0.25) is 0 Å². The summed E-state index contributed by atoms with van der Waals surface area (Å²) in [6, 6.07) is 15.4. The molecule has 0 bridgehead atoms. The molecule has 0 aliphatic heterocycles. The van der Waals surface area contributed by atoms with Gasteiger partial charge >= 0.3 is 0 Å². The molecule has 1 amide bonds. The van der Waals surface area contributed by atoms with E-state index in [-0.39, 0.29) is 5.91 Å². The molecule has 0 atom stereocenters. The summed E-state index contributed by atoms with van der Waals surface area (Å²) in [4.78, 5) is 21.8. The zero-order chi connectivity index (χ0) is 15.4. The number of hydrogen-bond acceptors (Lipinski definition) is 4. The molecule has 1 N–H and O–H groups in total. The second kappa shape index (κ2) is 6.49. The van der Waals surface area contributed by atoms with Crippen LogP contribution in [0.4, 0.5) is 0 Å². The highest BCUT2D eigenvalue weighted by molar-refractivity contribution is 7.14. The molecule has 0 fully saturated rings. The maximum Gasteiger partial charge on any atom is 0.263 e. The van der Waals surface area contributed by atoms with Crippen LogP contribution in [0, 0.1) is 6.92 Å². The Morgan fingerprint density at radius 2 is 1.91 bits per heavy atom. The standard InChI is InChI=1S/C17H15N3OS/c1-12-20-15(13-7-3-2-4-8-13)16(22-12)17(21)19-11-14-9-5-6-10-18-14/h2-10H,11H2,1H3,(H,19,21). The molecular weight excluding hydrogens is 294 g/mol. The van der Waals surface area contributed by atoms with Gasteiger partial charge in [0.25, 0.3) is 5.91 Å². The lowest BCUT2D eigenvalue weighted by Crippen LogP contribution is -2.22. The van der Waals surface area contributed by atoms with Crippen LogP contribution in [-0.2, 0) is 6.54 Å². The number of carbonyl (C=O) groups excluding carboxylic acids is 1. The Morgan fingerprint density at radius 1 is 1.14 bits per heavy atom. The van der Waals surface area contributed by atoms with Crippen molar-refractivity contribution in [1.29, 1.82) is 0 Å². The number of rotatable bonds is 4. The number of amides is 1. The molecule has 110 valence electrons. The maximum atomic E-state index is 12.5. The van der Waals surface area contributed by atoms with Crippen LogP contribution in [0.5, 0.6) is 0 Å². The van der Waals surface area contributed by atoms with Crippen molar-refractivity contribution in [1.82, 2.24) is 15.3 Å². The molecule has 2 heterocycles. The molecule has 5 heteroatoms. The van der Waals surface area contributed by atoms with Crippen molar-refractivity contribution in [3.8, 4) is 11.3 Å². The summed E-state index contributed by atoms with van der Waals surface area (Å²) in [5.41, 5.74) is 2.52. The summed E-state index contributed by atoms with van der Waals surface area (Å²) >= 11 is 1.41. The fourth-order valence-electron chi connectivity index (χ4n) is 2.13. The molecule has 1 aromatic carbocycles. The molecule has 2 aromatic heterocycles. The third-order valence-corrected chi connectivity index (χ3v) is 4.11. The van der Waals surface area contributed by atoms with Crippen LogP contribution >= 0.6 is 11.3 Å². The first kappa shape index (κ1) is 14.4. The van der Waals surface area contributed by atoms with E-state index in [0.29, 0.717) is 11.4 Å². The van der Waals surface area contributed by atoms with Crippen molar-refractivity contribution in [3.63, 3.8) is 0 Å². The van der Waals surface area contributed by atoms with Crippen LogP contribution in [0.1, 0.15) is 20.4 Å². The number of aromatic nitrogens is 2. The number of thiazole rings is 1. The SMILES string of the molecule is Cc1nc(-c2ccccc2)c(C(=O)NCc2ccccn2)s1. The predicted molar refractivity (Wildman–Crippen MR) is 87.7 cm³/mol. The molecule has 3 rings (SSSR count). The summed E-state index contributed by atoms with van der Waals surface area (Å²) in [7, 11) is 0. The van der Waals surface area contributed by atoms with Crippen LogP contribution in [-0.4, -0.2) is 15.9 Å². The largest absolute Gasteiger partial charge is 0.346 e. The highest BCUT2D eigenvalue weighted by Crippen LogP contribution is 2.27. The number of carbonyl (C=O) groups is 1. The van der Waals surface area contributed by atoms with E-state index in [0.717, 1.165) is 22.0 Å². The number of hydrogen-bond donors (Lipinski definition) is 1. The van der Waals surface area contributed by atoms with Crippen molar-refractivity contribution >= 4 is 17.2 Å². The third kappa shape index (κ3) is 3.20. The maximum absolute atomic E-state index is 12.5. The van der Waals surface area contributed by atoms with Crippen molar-refractivity contribution in [2.75, 3.05) is 0 Å². The first-order chi connectivity index (χ1) is 10.7. The van der Waals surface area contributed by atoms with Gasteiger partial charge in [0.05, 0.1) is 22.9 Å². The normalized spacial score (nSPS) is 10.4. The van der Waals surface area contributed by atoms with Gasteiger partial charge in [0.1, 0.15) is 4.88 Å². The van der Waals surface area contributed by atoms with Gasteiger partial charge in [-0.05, 0) is 19.1 Å². The van der Waals surface area contributed by atoms with E-state index in [9.17, 15) is 4.79 Å². The van der Waals surface area contributed by atoms with Gasteiger partial charge in [-0.25, -0.2) is 4.98 Å². The second-order valence-electron chi connectivity index (χ2n) is 4.78. The molecule has 0 unspecified atom stereocenters. The van der Waals surface area contributed by atoms with Gasteiger partial charge in [-0.15, -0.1) is 11.3 Å². The van der Waals surface area contributed by atoms with Crippen LogP contribution in [0.15, 0.2) is 54.7 Å². The minimum absolute atomic E-state index is 0.116. The monoisotopic (exact) mass is 309 g/mol. The van der Waals surface area contributed by atoms with E-state index < -0.39 is 0 Å². The topological polar surface area (TPSA) is 54.9 Å². The van der Waals surface area contributed by atoms with Gasteiger partial charge in [0, 0.05) is 11.8 Å². The van der Waals surface area contributed by atoms with Gasteiger partial charge in [-0.3, -0.25) is 9.78 Å². The Bertz CT molecular complexity index is 769. The quantitative estimate of drug-likeness (QED) is 0.803. The minimum Gasteiger partial charge on any atom is -0.346 e. The van der Waals surface area contributed by atoms with E-state index in [2.05, 4.69) is 15.3 Å². The Balaban J connectivity index is 1.81. The van der Waals surface area contributed by atoms with Crippen molar-refractivity contribution < 1.29 is 4.79 Å². The Hall–Kier alpha value is -2.53. The minimum atomic E-state index is -0.116. The zero-order valence-corrected chi connectivity index (χ0v) is 12.9. The highest BCUT2D eigenvalue weighted by Gasteiger charge is 2.17. The smallest absolute Gasteiger partial charge is 0.263 e. The van der Waals surface area contributed by atoms with Crippen LogP contribution < -0.4 is 5.32 Å². The molecule has 0 radical (unpaired) electrons. The number of nitrogens with zero attached hydrogens (tertiary/aromatic N) is 2. The fraction of sp³-hybridized carbons (Fsp3) is 0.118. The summed E-state index contributed by atoms with van der Waals surface area (Å²) < 4.78 is 0. The molecule has 3 aromatic rings. The van der Waals surface area contributed by atoms with Crippen LogP contribution in [0.3, 0.4) is 0 Å². The fourth-order valence-corrected chi connectivity index (χ4v) is 2.98. The van der Waals surface area contributed by atoms with Crippen molar-refractivity contribution in [2.45, 2.75) is 13.5 Å². The highest BCUT2D eigenvalue weighted by atomic mass is 32.1. The molecule has 0 saturated heterocycles. The van der Waals surface area contributed by atoms with Gasteiger partial charge in [-0.1, -0.05) is 36.4 Å². The lowest BCUT2D eigenvalue weighted by Gasteiger charge is -2.05. The summed E-state index contributed by atoms with van der Waals surface area (Å²) in [6.07, 6.45) is 1.72. The number of benzene rings is 1. The first-order valence-corrected chi connectivity index (χ1v) is 7.76. The van der Waals surface area contributed by atoms with Gasteiger partial charge < -0.3 is 5.32 Å². The number of pyridine rings is 1. The second-order valence-corrected chi connectivity index (χ2v) is 5.98. The molecule has 0 saturated carbocycles. The van der Waals surface area contributed by atoms with Crippen molar-refractivity contribution in [2.24, 2.45) is 0 Å². The summed E-state index contributed by atoms with van der Waals surface area (Å²) in [5.74, 6) is -0.116. The van der Waals surface area contributed by atoms with E-state index >= 15 is 0 Å². The average molecular weight is 309 g/mol. The Labute approximate surface area is 132 Å². The van der Waals surface area contributed by atoms with E-state index in [1.807, 2.05) is 55.5 Å². The van der Waals surface area contributed by atoms with Gasteiger partial charge in [-0.2, -0.15) is 0 Å². The lowest BCUT2D eigenvalue weighted by molar-refractivity contribution is 0.0955. The van der Waals surface area contributed by atoms with Gasteiger partial charge in [0.15, 0.2) is 0 Å². The molecule has 0 aliphatic carbocycles. The average Bonchev–Trinajstić information content (AvgIpc) is 2.96. The Kier molecular flexibility index (Phi) is 4.25. The third-order valence-electron chi connectivity index (χ3n) is 3.14. The zero-order valence-electron chi connectivity index (χ0n) is 12.1. The number of nitrogens with one attached hydrogen (secondary N) is 1. The molecule has 0 aliphatic rings. The molecule has 4 nitrogen and oxygen atoms in total. The molecule has 0 spiro atoms. The molecular formula is C17H15N3OS. The predicted octanol–water partition coefficient (Wildman–Crippen LogP) is 3.44. The molecule has 22 heavy (non-hydrogen) atoms. The van der Waals surface area contributed by atoms with E-state index in [4.69, 9.17) is 0 Å². The van der Waals surface area contributed by atoms with E-state index in [1.165, 1.54) is 11.3 Å².